The van der Waals surface area contributed by atoms with Crippen LogP contribution in [-0.2, 0) is 10.2 Å². The average Bonchev–Trinajstić information content (AvgIpc) is 2.88. The van der Waals surface area contributed by atoms with Crippen LogP contribution in [0.25, 0.3) is 0 Å². The van der Waals surface area contributed by atoms with Gasteiger partial charge in [-0.25, -0.2) is 0 Å². The number of aliphatic hydroxyl groups excluding tert-OH is 2. The zero-order chi connectivity index (χ0) is 27.0. The fourth-order valence-electron chi connectivity index (χ4n) is 4.56. The lowest BCUT2D eigenvalue weighted by Gasteiger charge is -2.39. The summed E-state index contributed by atoms with van der Waals surface area (Å²) in [5, 5.41) is 20.9. The first-order chi connectivity index (χ1) is 17.7. The first-order valence-corrected chi connectivity index (χ1v) is 14.0. The lowest BCUT2D eigenvalue weighted by molar-refractivity contribution is -0.0957. The van der Waals surface area contributed by atoms with Gasteiger partial charge >= 0.3 is 0 Å². The van der Waals surface area contributed by atoms with Gasteiger partial charge < -0.3 is 24.4 Å². The second kappa shape index (κ2) is 14.4. The van der Waals surface area contributed by atoms with Crippen molar-refractivity contribution in [3.8, 4) is 23.8 Å². The second-order valence-electron chi connectivity index (χ2n) is 8.91. The molecule has 2 aromatic carbocycles. The van der Waals surface area contributed by atoms with Gasteiger partial charge in [-0.1, -0.05) is 71.6 Å². The molecule has 0 radical (unpaired) electrons. The molecule has 2 N–H and O–H groups in total. The Labute approximate surface area is 242 Å². The van der Waals surface area contributed by atoms with Crippen molar-refractivity contribution in [2.24, 2.45) is 0 Å². The Hall–Kier alpha value is -1.07. The Morgan fingerprint density at radius 3 is 1.86 bits per heavy atom. The van der Waals surface area contributed by atoms with Gasteiger partial charge in [-0.15, -0.1) is 18.0 Å². The van der Waals surface area contributed by atoms with Crippen LogP contribution in [0, 0.1) is 12.3 Å². The Morgan fingerprint density at radius 2 is 1.38 bits per heavy atom. The molecule has 1 fully saturated rings. The molecule has 1 saturated carbocycles. The van der Waals surface area contributed by atoms with E-state index in [4.69, 9.17) is 78.6 Å². The van der Waals surface area contributed by atoms with E-state index in [0.29, 0.717) is 31.6 Å². The summed E-state index contributed by atoms with van der Waals surface area (Å²) in [7, 11) is 0. The molecule has 2 aromatic rings. The normalized spacial score (nSPS) is 16.6. The molecule has 0 unspecified atom stereocenters. The lowest BCUT2D eigenvalue weighted by atomic mass is 9.65. The number of benzene rings is 2. The third kappa shape index (κ3) is 7.75. The van der Waals surface area contributed by atoms with Crippen LogP contribution in [-0.4, -0.2) is 48.3 Å². The molecular formula is C27H29Cl5O5. The molecular weight excluding hydrogens is 582 g/mol. The van der Waals surface area contributed by atoms with Gasteiger partial charge in [-0.2, -0.15) is 0 Å². The Morgan fingerprint density at radius 1 is 0.865 bits per heavy atom. The van der Waals surface area contributed by atoms with Crippen molar-refractivity contribution in [3.05, 3.63) is 55.5 Å². The fourth-order valence-corrected chi connectivity index (χ4v) is 5.84. The predicted molar refractivity (Wildman–Crippen MR) is 150 cm³/mol. The van der Waals surface area contributed by atoms with Crippen LogP contribution in [0.3, 0.4) is 0 Å². The van der Waals surface area contributed by atoms with Gasteiger partial charge in [0.25, 0.3) is 0 Å². The molecule has 0 aliphatic heterocycles. The minimum atomic E-state index is -1.04. The lowest BCUT2D eigenvalue weighted by Crippen LogP contribution is -2.30. The highest BCUT2D eigenvalue weighted by Crippen LogP contribution is 2.50. The molecule has 1 aliphatic carbocycles. The average molecular weight is 611 g/mol. The predicted octanol–water partition coefficient (Wildman–Crippen LogP) is 7.27. The Bertz CT molecular complexity index is 1050. The van der Waals surface area contributed by atoms with Crippen LogP contribution < -0.4 is 9.47 Å². The third-order valence-electron chi connectivity index (χ3n) is 6.38. The standard InChI is InChI=1S/C27H29Cl5O5/c1-2-9-35-24(34)6-10-36-25-20(29)11-17(12-21(25)30)27(7-4-3-5-8-27)18-13-22(31)26(23(32)14-18)37-16-19(33)15-28/h1,11-14,19,24,33-34H,3-10,15-16H2/t19-,24-/m1/s1. The third-order valence-corrected chi connectivity index (χ3v) is 7.86. The minimum Gasteiger partial charge on any atom is -0.490 e. The smallest absolute Gasteiger partial charge is 0.159 e. The molecule has 0 saturated heterocycles. The van der Waals surface area contributed by atoms with E-state index in [1.807, 2.05) is 24.3 Å². The van der Waals surface area contributed by atoms with E-state index in [9.17, 15) is 10.2 Å². The molecule has 0 bridgehead atoms. The van der Waals surface area contributed by atoms with Gasteiger partial charge in [0.15, 0.2) is 17.8 Å². The summed E-state index contributed by atoms with van der Waals surface area (Å²) < 4.78 is 16.4. The zero-order valence-corrected chi connectivity index (χ0v) is 23.9. The monoisotopic (exact) mass is 608 g/mol. The van der Waals surface area contributed by atoms with Gasteiger partial charge in [0.2, 0.25) is 0 Å². The van der Waals surface area contributed by atoms with Gasteiger partial charge in [-0.3, -0.25) is 0 Å². The van der Waals surface area contributed by atoms with Crippen molar-refractivity contribution in [3.63, 3.8) is 0 Å². The van der Waals surface area contributed by atoms with E-state index in [1.54, 1.807) is 0 Å². The molecule has 3 rings (SSSR count). The molecule has 0 amide bonds. The van der Waals surface area contributed by atoms with Crippen LogP contribution in [0.1, 0.15) is 49.7 Å². The molecule has 0 aromatic heterocycles. The van der Waals surface area contributed by atoms with E-state index in [1.165, 1.54) is 0 Å². The number of alkyl halides is 1. The quantitative estimate of drug-likeness (QED) is 0.150. The number of aliphatic hydroxyl groups is 2. The fraction of sp³-hybridized carbons (Fsp3) is 0.481. The van der Waals surface area contributed by atoms with E-state index in [-0.39, 0.29) is 32.1 Å². The zero-order valence-electron chi connectivity index (χ0n) is 20.1. The number of hydrogen-bond donors (Lipinski definition) is 2. The number of ether oxygens (including phenoxy) is 3. The molecule has 5 nitrogen and oxygen atoms in total. The van der Waals surface area contributed by atoms with E-state index >= 15 is 0 Å². The highest BCUT2D eigenvalue weighted by atomic mass is 35.5. The van der Waals surface area contributed by atoms with Crippen LogP contribution in [0.5, 0.6) is 11.5 Å². The van der Waals surface area contributed by atoms with Gasteiger partial charge in [-0.05, 0) is 48.2 Å². The highest BCUT2D eigenvalue weighted by molar-refractivity contribution is 6.38. The van der Waals surface area contributed by atoms with E-state index < -0.39 is 17.8 Å². The Balaban J connectivity index is 1.89. The first-order valence-electron chi connectivity index (χ1n) is 11.9. The maximum atomic E-state index is 9.80. The molecule has 0 spiro atoms. The van der Waals surface area contributed by atoms with Gasteiger partial charge in [0.05, 0.1) is 32.6 Å². The number of terminal acetylenes is 1. The maximum absolute atomic E-state index is 9.80. The number of rotatable bonds is 12. The topological polar surface area (TPSA) is 68.2 Å². The molecule has 10 heteroatoms. The van der Waals surface area contributed by atoms with Crippen molar-refractivity contribution in [1.29, 1.82) is 0 Å². The second-order valence-corrected chi connectivity index (χ2v) is 10.8. The van der Waals surface area contributed by atoms with E-state index in [0.717, 1.165) is 43.2 Å². The first kappa shape index (κ1) is 30.5. The summed E-state index contributed by atoms with van der Waals surface area (Å²) in [4.78, 5) is 0. The summed E-state index contributed by atoms with van der Waals surface area (Å²) in [6.45, 7) is 0.129. The Kier molecular flexibility index (Phi) is 11.8. The van der Waals surface area contributed by atoms with Crippen molar-refractivity contribution >= 4 is 58.0 Å². The summed E-state index contributed by atoms with van der Waals surface area (Å²) in [6.07, 6.45) is 8.32. The maximum Gasteiger partial charge on any atom is 0.159 e. The summed E-state index contributed by atoms with van der Waals surface area (Å²) in [5.74, 6) is 2.97. The van der Waals surface area contributed by atoms with Crippen LogP contribution in [0.15, 0.2) is 24.3 Å². The number of halogens is 5. The molecule has 2 atom stereocenters. The highest BCUT2D eigenvalue weighted by Gasteiger charge is 2.38. The summed E-state index contributed by atoms with van der Waals surface area (Å²) >= 11 is 32.1. The molecule has 1 aliphatic rings. The molecule has 0 heterocycles. The van der Waals surface area contributed by atoms with Crippen molar-refractivity contribution < 1.29 is 24.4 Å². The SMILES string of the molecule is C#CCO[C@@H](O)CCOc1c(Cl)cc(C2(c3cc(Cl)c(OC[C@H](O)CCl)c(Cl)c3)CCCCC2)cc1Cl. The van der Waals surface area contributed by atoms with Crippen molar-refractivity contribution in [1.82, 2.24) is 0 Å². The molecule has 37 heavy (non-hydrogen) atoms. The van der Waals surface area contributed by atoms with Crippen LogP contribution in [0.4, 0.5) is 0 Å². The minimum absolute atomic E-state index is 0.00989. The number of hydrogen-bond acceptors (Lipinski definition) is 5. The van der Waals surface area contributed by atoms with Gasteiger partial charge in [0, 0.05) is 11.8 Å². The molecule has 202 valence electrons. The summed E-state index contributed by atoms with van der Waals surface area (Å²) in [6, 6.07) is 7.43. The largest absolute Gasteiger partial charge is 0.490 e. The van der Waals surface area contributed by atoms with Crippen LogP contribution in [0.2, 0.25) is 20.1 Å². The van der Waals surface area contributed by atoms with Gasteiger partial charge in [0.1, 0.15) is 19.3 Å². The van der Waals surface area contributed by atoms with Crippen LogP contribution >= 0.6 is 58.0 Å². The van der Waals surface area contributed by atoms with E-state index in [2.05, 4.69) is 5.92 Å². The van der Waals surface area contributed by atoms with Crippen molar-refractivity contribution in [2.75, 3.05) is 25.7 Å². The summed E-state index contributed by atoms with van der Waals surface area (Å²) in [5.41, 5.74) is 1.46. The van der Waals surface area contributed by atoms with Crippen molar-refractivity contribution in [2.45, 2.75) is 56.3 Å².